The molecule has 0 heterocycles. The number of benzene rings is 1. The summed E-state index contributed by atoms with van der Waals surface area (Å²) in [7, 11) is 1.56. The van der Waals surface area contributed by atoms with Gasteiger partial charge in [-0.05, 0) is 23.8 Å². The van der Waals surface area contributed by atoms with E-state index in [2.05, 4.69) is 15.9 Å². The van der Waals surface area contributed by atoms with Gasteiger partial charge in [-0.25, -0.2) is 4.39 Å². The summed E-state index contributed by atoms with van der Waals surface area (Å²) in [5.74, 6) is 0.683. The van der Waals surface area contributed by atoms with Crippen LogP contribution in [0.5, 0.6) is 5.75 Å². The summed E-state index contributed by atoms with van der Waals surface area (Å²) in [6.07, 6.45) is 0. The topological polar surface area (TPSA) is 35.2 Å². The minimum Gasteiger partial charge on any atom is -0.497 e. The van der Waals surface area contributed by atoms with E-state index in [1.807, 2.05) is 0 Å². The SMILES string of the molecule is COc1ccc(Br)c([C@@H](N)CF)c1. The van der Waals surface area contributed by atoms with E-state index >= 15 is 0 Å². The van der Waals surface area contributed by atoms with E-state index in [1.165, 1.54) is 0 Å². The van der Waals surface area contributed by atoms with Crippen molar-refractivity contribution in [2.75, 3.05) is 13.8 Å². The van der Waals surface area contributed by atoms with Crippen LogP contribution in [0.2, 0.25) is 0 Å². The van der Waals surface area contributed by atoms with Crippen molar-refractivity contribution in [1.82, 2.24) is 0 Å². The number of methoxy groups -OCH3 is 1. The summed E-state index contributed by atoms with van der Waals surface area (Å²) in [5, 5.41) is 0. The molecular formula is C9H11BrFNO. The standard InChI is InChI=1S/C9H11BrFNO/c1-13-6-2-3-8(10)7(4-6)9(12)5-11/h2-4,9H,5,12H2,1H3/t9-/m0/s1. The number of hydrogen-bond acceptors (Lipinski definition) is 2. The van der Waals surface area contributed by atoms with Gasteiger partial charge in [-0.2, -0.15) is 0 Å². The summed E-state index contributed by atoms with van der Waals surface area (Å²) in [5.41, 5.74) is 6.28. The van der Waals surface area contributed by atoms with Crippen molar-refractivity contribution in [2.45, 2.75) is 6.04 Å². The Bertz CT molecular complexity index is 293. The van der Waals surface area contributed by atoms with E-state index in [1.54, 1.807) is 25.3 Å². The first-order valence-corrected chi connectivity index (χ1v) is 4.63. The van der Waals surface area contributed by atoms with Crippen molar-refractivity contribution in [2.24, 2.45) is 5.73 Å². The number of hydrogen-bond donors (Lipinski definition) is 1. The third kappa shape index (κ3) is 2.42. The molecule has 0 amide bonds. The van der Waals surface area contributed by atoms with Gasteiger partial charge in [-0.15, -0.1) is 0 Å². The first kappa shape index (κ1) is 10.5. The molecule has 1 atom stereocenters. The molecule has 0 fully saturated rings. The van der Waals surface area contributed by atoms with Crippen molar-refractivity contribution in [3.8, 4) is 5.75 Å². The van der Waals surface area contributed by atoms with Gasteiger partial charge in [-0.3, -0.25) is 0 Å². The highest BCUT2D eigenvalue weighted by Gasteiger charge is 2.10. The highest BCUT2D eigenvalue weighted by molar-refractivity contribution is 9.10. The molecule has 0 spiro atoms. The molecule has 2 nitrogen and oxygen atoms in total. The average Bonchev–Trinajstić information content (AvgIpc) is 2.17. The van der Waals surface area contributed by atoms with Crippen LogP contribution in [-0.4, -0.2) is 13.8 Å². The first-order valence-electron chi connectivity index (χ1n) is 3.84. The van der Waals surface area contributed by atoms with E-state index in [0.717, 1.165) is 10.0 Å². The zero-order chi connectivity index (χ0) is 9.84. The zero-order valence-corrected chi connectivity index (χ0v) is 8.84. The van der Waals surface area contributed by atoms with Crippen LogP contribution in [-0.2, 0) is 0 Å². The van der Waals surface area contributed by atoms with Gasteiger partial charge in [0.15, 0.2) is 0 Å². The monoisotopic (exact) mass is 247 g/mol. The van der Waals surface area contributed by atoms with Crippen LogP contribution >= 0.6 is 15.9 Å². The maximum Gasteiger partial charge on any atom is 0.119 e. The third-order valence-electron chi connectivity index (χ3n) is 1.77. The molecule has 0 saturated heterocycles. The predicted molar refractivity (Wildman–Crippen MR) is 53.6 cm³/mol. The molecule has 0 radical (unpaired) electrons. The fourth-order valence-electron chi connectivity index (χ4n) is 1.02. The van der Waals surface area contributed by atoms with E-state index in [-0.39, 0.29) is 0 Å². The average molecular weight is 248 g/mol. The summed E-state index contributed by atoms with van der Waals surface area (Å²) in [4.78, 5) is 0. The first-order chi connectivity index (χ1) is 6.19. The van der Waals surface area contributed by atoms with E-state index < -0.39 is 12.7 Å². The molecule has 1 rings (SSSR count). The Labute approximate surface area is 85.0 Å². The molecule has 0 aliphatic carbocycles. The lowest BCUT2D eigenvalue weighted by Gasteiger charge is -2.11. The molecule has 72 valence electrons. The molecule has 13 heavy (non-hydrogen) atoms. The minimum atomic E-state index is -0.593. The Morgan fingerprint density at radius 1 is 1.62 bits per heavy atom. The van der Waals surface area contributed by atoms with Crippen LogP contribution in [0.3, 0.4) is 0 Å². The van der Waals surface area contributed by atoms with Gasteiger partial charge in [0.25, 0.3) is 0 Å². The van der Waals surface area contributed by atoms with Gasteiger partial charge in [0.05, 0.1) is 13.2 Å². The summed E-state index contributed by atoms with van der Waals surface area (Å²) in [6.45, 7) is -0.578. The Balaban J connectivity index is 3.03. The fraction of sp³-hybridized carbons (Fsp3) is 0.333. The van der Waals surface area contributed by atoms with Crippen LogP contribution < -0.4 is 10.5 Å². The van der Waals surface area contributed by atoms with E-state index in [9.17, 15) is 4.39 Å². The Hall–Kier alpha value is -0.610. The number of rotatable bonds is 3. The van der Waals surface area contributed by atoms with E-state index in [0.29, 0.717) is 5.75 Å². The van der Waals surface area contributed by atoms with Crippen LogP contribution in [0, 0.1) is 0 Å². The van der Waals surface area contributed by atoms with Gasteiger partial charge in [-0.1, -0.05) is 15.9 Å². The molecule has 4 heteroatoms. The minimum absolute atomic E-state index is 0.578. The molecule has 0 unspecified atom stereocenters. The van der Waals surface area contributed by atoms with Crippen molar-refractivity contribution in [3.05, 3.63) is 28.2 Å². The number of nitrogens with two attached hydrogens (primary N) is 1. The molecule has 0 bridgehead atoms. The molecule has 1 aromatic carbocycles. The van der Waals surface area contributed by atoms with Crippen LogP contribution in [0.25, 0.3) is 0 Å². The summed E-state index contributed by atoms with van der Waals surface area (Å²) in [6, 6.07) is 4.72. The zero-order valence-electron chi connectivity index (χ0n) is 7.26. The second-order valence-electron chi connectivity index (χ2n) is 2.65. The number of alkyl halides is 1. The molecule has 0 aliphatic rings. The maximum absolute atomic E-state index is 12.3. The van der Waals surface area contributed by atoms with Crippen LogP contribution in [0.4, 0.5) is 4.39 Å². The highest BCUT2D eigenvalue weighted by Crippen LogP contribution is 2.26. The fourth-order valence-corrected chi connectivity index (χ4v) is 1.56. The van der Waals surface area contributed by atoms with Crippen molar-refractivity contribution in [1.29, 1.82) is 0 Å². The van der Waals surface area contributed by atoms with Crippen LogP contribution in [0.15, 0.2) is 22.7 Å². The van der Waals surface area contributed by atoms with Crippen molar-refractivity contribution >= 4 is 15.9 Å². The quantitative estimate of drug-likeness (QED) is 0.891. The van der Waals surface area contributed by atoms with Crippen molar-refractivity contribution in [3.63, 3.8) is 0 Å². The second-order valence-corrected chi connectivity index (χ2v) is 3.50. The largest absolute Gasteiger partial charge is 0.497 e. The molecular weight excluding hydrogens is 237 g/mol. The van der Waals surface area contributed by atoms with Crippen LogP contribution in [0.1, 0.15) is 11.6 Å². The molecule has 0 aromatic heterocycles. The van der Waals surface area contributed by atoms with Gasteiger partial charge < -0.3 is 10.5 Å². The normalized spacial score (nSPS) is 12.6. The molecule has 2 N–H and O–H groups in total. The second kappa shape index (κ2) is 4.58. The summed E-state index contributed by atoms with van der Waals surface area (Å²) < 4.78 is 18.1. The lowest BCUT2D eigenvalue weighted by Crippen LogP contribution is -2.12. The van der Waals surface area contributed by atoms with Gasteiger partial charge in [0.1, 0.15) is 12.4 Å². The Morgan fingerprint density at radius 2 is 2.31 bits per heavy atom. The van der Waals surface area contributed by atoms with Crippen molar-refractivity contribution < 1.29 is 9.13 Å². The van der Waals surface area contributed by atoms with Gasteiger partial charge >= 0.3 is 0 Å². The Morgan fingerprint density at radius 3 is 2.85 bits per heavy atom. The number of ether oxygens (including phenoxy) is 1. The third-order valence-corrected chi connectivity index (χ3v) is 2.49. The lowest BCUT2D eigenvalue weighted by atomic mass is 10.1. The van der Waals surface area contributed by atoms with E-state index in [4.69, 9.17) is 10.5 Å². The maximum atomic E-state index is 12.3. The van der Waals surface area contributed by atoms with Gasteiger partial charge in [0.2, 0.25) is 0 Å². The smallest absolute Gasteiger partial charge is 0.119 e. The van der Waals surface area contributed by atoms with Gasteiger partial charge in [0, 0.05) is 4.47 Å². The highest BCUT2D eigenvalue weighted by atomic mass is 79.9. The molecule has 1 aromatic rings. The molecule has 0 aliphatic heterocycles. The summed E-state index contributed by atoms with van der Waals surface area (Å²) >= 11 is 3.30. The number of halogens is 2. The lowest BCUT2D eigenvalue weighted by molar-refractivity contribution is 0.409. The Kier molecular flexibility index (Phi) is 3.69. The predicted octanol–water partition coefficient (Wildman–Crippen LogP) is 2.43. The molecule has 0 saturated carbocycles.